The molecule has 3 aromatic rings. The lowest BCUT2D eigenvalue weighted by molar-refractivity contribution is 0.0636. The van der Waals surface area contributed by atoms with Crippen LogP contribution in [0.25, 0.3) is 0 Å². The molecule has 0 unspecified atom stereocenters. The van der Waals surface area contributed by atoms with Crippen molar-refractivity contribution in [1.29, 1.82) is 0 Å². The molecule has 0 saturated carbocycles. The van der Waals surface area contributed by atoms with Crippen LogP contribution in [0, 0.1) is 0 Å². The van der Waals surface area contributed by atoms with Crippen LogP contribution < -0.4 is 10.6 Å². The summed E-state index contributed by atoms with van der Waals surface area (Å²) < 4.78 is 5.31. The van der Waals surface area contributed by atoms with Crippen molar-refractivity contribution >= 4 is 58.2 Å². The Bertz CT molecular complexity index is 1110. The summed E-state index contributed by atoms with van der Waals surface area (Å²) in [5, 5.41) is 6.51. The maximum atomic E-state index is 12.0. The first-order valence-electron chi connectivity index (χ1n) is 10.4. The Morgan fingerprint density at radius 3 is 2.52 bits per heavy atom. The molecule has 2 N–H and O–H groups in total. The Labute approximate surface area is 208 Å². The molecule has 0 spiro atoms. The molecular weight excluding hydrogens is 479 g/mol. The Hall–Kier alpha value is -2.48. The first-order chi connectivity index (χ1) is 15.7. The molecule has 0 atom stereocenters. The maximum absolute atomic E-state index is 12.0. The molecule has 174 valence electrons. The molecule has 0 aliphatic carbocycles. The van der Waals surface area contributed by atoms with E-state index in [4.69, 9.17) is 27.9 Å². The van der Waals surface area contributed by atoms with E-state index in [-0.39, 0.29) is 5.28 Å². The number of aromatic nitrogens is 2. The molecule has 0 saturated heterocycles. The highest BCUT2D eigenvalue weighted by Gasteiger charge is 2.16. The monoisotopic (exact) mass is 504 g/mol. The smallest absolute Gasteiger partial charge is 0.412 e. The van der Waals surface area contributed by atoms with E-state index in [0.29, 0.717) is 10.8 Å². The molecule has 0 aliphatic rings. The molecule has 1 amide bonds. The van der Waals surface area contributed by atoms with Gasteiger partial charge in [0.1, 0.15) is 10.6 Å². The minimum atomic E-state index is -0.528. The first kappa shape index (κ1) is 25.1. The Balaban J connectivity index is 1.49. The summed E-state index contributed by atoms with van der Waals surface area (Å²) in [5.74, 6) is 2.28. The van der Waals surface area contributed by atoms with Gasteiger partial charge in [0.05, 0.1) is 6.20 Å². The van der Waals surface area contributed by atoms with Crippen molar-refractivity contribution in [3.05, 3.63) is 76.2 Å². The summed E-state index contributed by atoms with van der Waals surface area (Å²) in [6, 6.07) is 15.9. The van der Waals surface area contributed by atoms with Gasteiger partial charge in [0.15, 0.2) is 5.82 Å². The van der Waals surface area contributed by atoms with Gasteiger partial charge in [-0.15, -0.1) is 0 Å². The fraction of sp³-hybridized carbons (Fsp3) is 0.292. The number of rotatable bonds is 8. The van der Waals surface area contributed by atoms with Crippen LogP contribution >= 0.6 is 35.0 Å². The standard InChI is InChI=1S/C24H26Cl2N4O2S/c1-24(2,3)32-23(31)29-19-9-4-6-16(12-19)10-11-33-15-17-7-5-8-18(13-17)28-21-20(25)14-27-22(26)30-21/h4-9,12-14H,10-11,15H2,1-3H3,(H,29,31)(H,27,28,30). The molecule has 1 aromatic heterocycles. The van der Waals surface area contributed by atoms with E-state index in [2.05, 4.69) is 38.8 Å². The minimum absolute atomic E-state index is 0.138. The van der Waals surface area contributed by atoms with E-state index in [1.807, 2.05) is 62.9 Å². The average Bonchev–Trinajstić information content (AvgIpc) is 2.73. The van der Waals surface area contributed by atoms with E-state index in [0.717, 1.165) is 34.9 Å². The highest BCUT2D eigenvalue weighted by Crippen LogP contribution is 2.25. The highest BCUT2D eigenvalue weighted by atomic mass is 35.5. The van der Waals surface area contributed by atoms with Crippen molar-refractivity contribution in [3.63, 3.8) is 0 Å². The Kier molecular flexibility index (Phi) is 8.83. The third-order valence-electron chi connectivity index (χ3n) is 4.28. The number of halogens is 2. The van der Waals surface area contributed by atoms with Crippen molar-refractivity contribution in [2.75, 3.05) is 16.4 Å². The zero-order valence-electron chi connectivity index (χ0n) is 18.7. The van der Waals surface area contributed by atoms with Crippen molar-refractivity contribution < 1.29 is 9.53 Å². The third-order valence-corrected chi connectivity index (χ3v) is 5.77. The predicted molar refractivity (Wildman–Crippen MR) is 138 cm³/mol. The second-order valence-corrected chi connectivity index (χ2v) is 10.1. The van der Waals surface area contributed by atoms with Crippen molar-refractivity contribution in [2.45, 2.75) is 38.5 Å². The number of anilines is 3. The van der Waals surface area contributed by atoms with E-state index >= 15 is 0 Å². The van der Waals surface area contributed by atoms with Gasteiger partial charge >= 0.3 is 6.09 Å². The summed E-state index contributed by atoms with van der Waals surface area (Å²) in [6.45, 7) is 5.52. The quantitative estimate of drug-likeness (QED) is 0.246. The molecule has 1 heterocycles. The van der Waals surface area contributed by atoms with Crippen LogP contribution in [0.5, 0.6) is 0 Å². The number of benzene rings is 2. The molecule has 0 bridgehead atoms. The molecule has 3 rings (SSSR count). The number of hydrogen-bond acceptors (Lipinski definition) is 6. The Morgan fingerprint density at radius 1 is 1.06 bits per heavy atom. The number of nitrogens with zero attached hydrogens (tertiary/aromatic N) is 2. The summed E-state index contributed by atoms with van der Waals surface area (Å²) >= 11 is 13.8. The lowest BCUT2D eigenvalue weighted by Crippen LogP contribution is -2.27. The lowest BCUT2D eigenvalue weighted by atomic mass is 10.1. The summed E-state index contributed by atoms with van der Waals surface area (Å²) in [6.07, 6.45) is 1.91. The van der Waals surface area contributed by atoms with Crippen LogP contribution in [0.3, 0.4) is 0 Å². The number of amides is 1. The van der Waals surface area contributed by atoms with Crippen molar-refractivity contribution in [1.82, 2.24) is 9.97 Å². The fourth-order valence-electron chi connectivity index (χ4n) is 2.91. The molecule has 0 aliphatic heterocycles. The van der Waals surface area contributed by atoms with Gasteiger partial charge in [-0.1, -0.05) is 35.9 Å². The molecule has 0 radical (unpaired) electrons. The second kappa shape index (κ2) is 11.6. The number of thioether (sulfide) groups is 1. The first-order valence-corrected chi connectivity index (χ1v) is 12.3. The SMILES string of the molecule is CC(C)(C)OC(=O)Nc1cccc(CCSCc2cccc(Nc3nc(Cl)ncc3Cl)c2)c1. The van der Waals surface area contributed by atoms with Crippen LogP contribution in [-0.4, -0.2) is 27.4 Å². The molecule has 33 heavy (non-hydrogen) atoms. The van der Waals surface area contributed by atoms with Crippen LogP contribution in [0.1, 0.15) is 31.9 Å². The maximum Gasteiger partial charge on any atom is 0.412 e. The predicted octanol–water partition coefficient (Wildman–Crippen LogP) is 7.35. The number of ether oxygens (including phenoxy) is 1. The molecule has 2 aromatic carbocycles. The summed E-state index contributed by atoms with van der Waals surface area (Å²) in [4.78, 5) is 20.0. The molecule has 6 nitrogen and oxygen atoms in total. The topological polar surface area (TPSA) is 76.1 Å². The van der Waals surface area contributed by atoms with Crippen molar-refractivity contribution in [2.24, 2.45) is 0 Å². The Morgan fingerprint density at radius 2 is 1.76 bits per heavy atom. The minimum Gasteiger partial charge on any atom is -0.444 e. The number of hydrogen-bond donors (Lipinski definition) is 2. The number of carbonyl (C=O) groups excluding carboxylic acids is 1. The second-order valence-electron chi connectivity index (χ2n) is 8.29. The molecule has 9 heteroatoms. The van der Waals surface area contributed by atoms with Crippen LogP contribution in [0.2, 0.25) is 10.3 Å². The normalized spacial score (nSPS) is 11.2. The number of nitrogens with one attached hydrogen (secondary N) is 2. The van der Waals surface area contributed by atoms with Crippen molar-refractivity contribution in [3.8, 4) is 0 Å². The van der Waals surface area contributed by atoms with Crippen LogP contribution in [0.4, 0.5) is 22.0 Å². The van der Waals surface area contributed by atoms with Gasteiger partial charge in [0.2, 0.25) is 5.28 Å². The summed E-state index contributed by atoms with van der Waals surface area (Å²) in [5.41, 5.74) is 3.42. The van der Waals surface area contributed by atoms with Gasteiger partial charge in [0, 0.05) is 17.1 Å². The van der Waals surface area contributed by atoms with Gasteiger partial charge in [-0.25, -0.2) is 9.78 Å². The van der Waals surface area contributed by atoms with Gasteiger partial charge in [-0.3, -0.25) is 5.32 Å². The zero-order valence-corrected chi connectivity index (χ0v) is 21.0. The van der Waals surface area contributed by atoms with E-state index in [1.165, 1.54) is 11.8 Å². The molecular formula is C24H26Cl2N4O2S. The number of aryl methyl sites for hydroxylation is 1. The van der Waals surface area contributed by atoms with E-state index < -0.39 is 11.7 Å². The van der Waals surface area contributed by atoms with Crippen LogP contribution in [0.15, 0.2) is 54.7 Å². The van der Waals surface area contributed by atoms with Crippen LogP contribution in [-0.2, 0) is 16.9 Å². The summed E-state index contributed by atoms with van der Waals surface area (Å²) in [7, 11) is 0. The van der Waals surface area contributed by atoms with E-state index in [9.17, 15) is 4.79 Å². The van der Waals surface area contributed by atoms with Gasteiger partial charge < -0.3 is 10.1 Å². The van der Waals surface area contributed by atoms with E-state index in [1.54, 1.807) is 0 Å². The lowest BCUT2D eigenvalue weighted by Gasteiger charge is -2.19. The van der Waals surface area contributed by atoms with Gasteiger partial charge in [0.25, 0.3) is 0 Å². The fourth-order valence-corrected chi connectivity index (χ4v) is 4.13. The molecule has 0 fully saturated rings. The highest BCUT2D eigenvalue weighted by molar-refractivity contribution is 7.98. The third kappa shape index (κ3) is 8.76. The number of carbonyl (C=O) groups is 1. The van der Waals surface area contributed by atoms with Gasteiger partial charge in [-0.2, -0.15) is 16.7 Å². The largest absolute Gasteiger partial charge is 0.444 e. The average molecular weight is 505 g/mol. The van der Waals surface area contributed by atoms with Gasteiger partial charge in [-0.05, 0) is 79.9 Å². The zero-order chi connectivity index (χ0) is 23.8.